The zero-order valence-electron chi connectivity index (χ0n) is 14.0. The highest BCUT2D eigenvalue weighted by Crippen LogP contribution is 2.71. The smallest absolute Gasteiger partial charge is 0.0487 e. The Labute approximate surface area is 130 Å². The normalized spacial score (nSPS) is 56.0. The third-order valence-electron chi connectivity index (χ3n) is 8.60. The second-order valence-corrected chi connectivity index (χ2v) is 9.48. The molecule has 5 saturated carbocycles. The van der Waals surface area contributed by atoms with E-state index in [2.05, 4.69) is 20.4 Å². The molecule has 0 amide bonds. The third kappa shape index (κ3) is 1.73. The Morgan fingerprint density at radius 1 is 1.10 bits per heavy atom. The van der Waals surface area contributed by atoms with Gasteiger partial charge >= 0.3 is 0 Å². The van der Waals surface area contributed by atoms with Gasteiger partial charge in [-0.3, -0.25) is 0 Å². The van der Waals surface area contributed by atoms with Gasteiger partial charge in [0.2, 0.25) is 0 Å². The van der Waals surface area contributed by atoms with E-state index >= 15 is 0 Å². The number of hydrogen-bond donors (Lipinski definition) is 1. The Kier molecular flexibility index (Phi) is 2.98. The lowest BCUT2D eigenvalue weighted by Gasteiger charge is -2.68. The molecular formula is C20H32O. The third-order valence-corrected chi connectivity index (χ3v) is 8.60. The van der Waals surface area contributed by atoms with Crippen molar-refractivity contribution in [2.24, 2.45) is 34.0 Å². The van der Waals surface area contributed by atoms with Gasteiger partial charge in [0.05, 0.1) is 0 Å². The Hall–Kier alpha value is -0.300. The SMILES string of the molecule is C=C1CC23CCC1C[C@H]2C1(C)CCC[C@@](C)(CO)C1CC3. The van der Waals surface area contributed by atoms with E-state index in [1.54, 1.807) is 5.57 Å². The van der Waals surface area contributed by atoms with Crippen molar-refractivity contribution in [2.45, 2.75) is 71.6 Å². The molecule has 0 radical (unpaired) electrons. The largest absolute Gasteiger partial charge is 0.396 e. The van der Waals surface area contributed by atoms with Gasteiger partial charge in [0.25, 0.3) is 0 Å². The Morgan fingerprint density at radius 2 is 1.86 bits per heavy atom. The van der Waals surface area contributed by atoms with E-state index in [0.29, 0.717) is 17.4 Å². The van der Waals surface area contributed by atoms with Crippen molar-refractivity contribution in [3.8, 4) is 0 Å². The zero-order chi connectivity index (χ0) is 14.9. The quantitative estimate of drug-likeness (QED) is 0.677. The fourth-order valence-corrected chi connectivity index (χ4v) is 7.56. The summed E-state index contributed by atoms with van der Waals surface area (Å²) in [6.07, 6.45) is 12.3. The standard InChI is InChI=1S/C20H32O/c1-14-12-20-9-5-15(14)11-17(20)19(3)8-4-7-18(2,13-21)16(19)6-10-20/h15-17,21H,1,4-13H2,2-3H3/t15?,16?,17-,18-,19?,20?/m0/s1. The molecule has 4 unspecified atom stereocenters. The lowest BCUT2D eigenvalue weighted by molar-refractivity contribution is -0.178. The van der Waals surface area contributed by atoms with Gasteiger partial charge in [0.1, 0.15) is 0 Å². The molecule has 21 heavy (non-hydrogen) atoms. The van der Waals surface area contributed by atoms with E-state index in [-0.39, 0.29) is 5.41 Å². The molecule has 1 spiro atoms. The van der Waals surface area contributed by atoms with Crippen LogP contribution in [0, 0.1) is 34.0 Å². The van der Waals surface area contributed by atoms with Crippen LogP contribution in [0.25, 0.3) is 0 Å². The fraction of sp³-hybridized carbons (Fsp3) is 0.900. The Morgan fingerprint density at radius 3 is 2.57 bits per heavy atom. The molecule has 1 nitrogen and oxygen atoms in total. The minimum absolute atomic E-state index is 0.183. The van der Waals surface area contributed by atoms with Crippen molar-refractivity contribution < 1.29 is 5.11 Å². The maximum atomic E-state index is 10.1. The maximum Gasteiger partial charge on any atom is 0.0487 e. The van der Waals surface area contributed by atoms with Gasteiger partial charge in [0.15, 0.2) is 0 Å². The van der Waals surface area contributed by atoms with Gasteiger partial charge in [-0.05, 0) is 85.4 Å². The predicted octanol–water partition coefficient (Wildman–Crippen LogP) is 4.95. The number of fused-ring (bicyclic) bond motifs is 3. The summed E-state index contributed by atoms with van der Waals surface area (Å²) in [7, 11) is 0. The fourth-order valence-electron chi connectivity index (χ4n) is 7.56. The molecule has 5 aliphatic carbocycles. The molecule has 5 rings (SSSR count). The highest BCUT2D eigenvalue weighted by molar-refractivity contribution is 5.21. The molecular weight excluding hydrogens is 256 g/mol. The van der Waals surface area contributed by atoms with Crippen LogP contribution in [0.2, 0.25) is 0 Å². The first kappa shape index (κ1) is 14.3. The molecule has 0 heterocycles. The van der Waals surface area contributed by atoms with E-state index in [0.717, 1.165) is 17.8 Å². The molecule has 0 aromatic carbocycles. The molecule has 0 aliphatic heterocycles. The monoisotopic (exact) mass is 288 g/mol. The van der Waals surface area contributed by atoms with Crippen LogP contribution in [0.15, 0.2) is 12.2 Å². The van der Waals surface area contributed by atoms with Crippen molar-refractivity contribution in [1.82, 2.24) is 0 Å². The first-order valence-corrected chi connectivity index (χ1v) is 9.22. The number of hydrogen-bond acceptors (Lipinski definition) is 1. The van der Waals surface area contributed by atoms with Gasteiger partial charge in [0, 0.05) is 6.61 Å². The summed E-state index contributed by atoms with van der Waals surface area (Å²) in [6, 6.07) is 0. The summed E-state index contributed by atoms with van der Waals surface area (Å²) in [6.45, 7) is 9.77. The topological polar surface area (TPSA) is 20.2 Å². The molecule has 1 heteroatoms. The predicted molar refractivity (Wildman–Crippen MR) is 86.9 cm³/mol. The number of allylic oxidation sites excluding steroid dienone is 1. The van der Waals surface area contributed by atoms with E-state index < -0.39 is 0 Å². The maximum absolute atomic E-state index is 10.1. The van der Waals surface area contributed by atoms with Crippen LogP contribution in [0.4, 0.5) is 0 Å². The average molecular weight is 288 g/mol. The molecule has 5 aliphatic rings. The van der Waals surface area contributed by atoms with Gasteiger partial charge in [-0.1, -0.05) is 32.4 Å². The molecule has 0 aromatic heterocycles. The number of aliphatic hydroxyl groups is 1. The molecule has 1 N–H and O–H groups in total. The van der Waals surface area contributed by atoms with Crippen LogP contribution in [0.1, 0.15) is 71.6 Å². The van der Waals surface area contributed by atoms with Crippen molar-refractivity contribution in [1.29, 1.82) is 0 Å². The van der Waals surface area contributed by atoms with Gasteiger partial charge in [-0.15, -0.1) is 0 Å². The van der Waals surface area contributed by atoms with E-state index in [4.69, 9.17) is 0 Å². The molecule has 2 bridgehead atoms. The van der Waals surface area contributed by atoms with Crippen LogP contribution in [0.5, 0.6) is 0 Å². The Bertz CT molecular complexity index is 468. The molecule has 0 saturated heterocycles. The molecule has 6 atom stereocenters. The van der Waals surface area contributed by atoms with E-state index in [9.17, 15) is 5.11 Å². The first-order chi connectivity index (χ1) is 9.94. The second kappa shape index (κ2) is 4.37. The summed E-state index contributed by atoms with van der Waals surface area (Å²) >= 11 is 0. The van der Waals surface area contributed by atoms with Crippen LogP contribution in [0.3, 0.4) is 0 Å². The van der Waals surface area contributed by atoms with Crippen LogP contribution < -0.4 is 0 Å². The van der Waals surface area contributed by atoms with Crippen molar-refractivity contribution >= 4 is 0 Å². The lowest BCUT2D eigenvalue weighted by Crippen LogP contribution is -2.60. The minimum atomic E-state index is 0.183. The highest BCUT2D eigenvalue weighted by atomic mass is 16.3. The van der Waals surface area contributed by atoms with Crippen LogP contribution in [-0.2, 0) is 0 Å². The average Bonchev–Trinajstić information content (AvgIpc) is 2.46. The molecule has 118 valence electrons. The van der Waals surface area contributed by atoms with Crippen LogP contribution in [-0.4, -0.2) is 11.7 Å². The lowest BCUT2D eigenvalue weighted by atomic mass is 9.37. The summed E-state index contributed by atoms with van der Waals surface area (Å²) in [5.41, 5.74) is 2.82. The van der Waals surface area contributed by atoms with E-state index in [1.165, 1.54) is 57.8 Å². The highest BCUT2D eigenvalue weighted by Gasteiger charge is 2.63. The second-order valence-electron chi connectivity index (χ2n) is 9.48. The molecule has 5 fully saturated rings. The van der Waals surface area contributed by atoms with Gasteiger partial charge < -0.3 is 5.11 Å². The van der Waals surface area contributed by atoms with Crippen molar-refractivity contribution in [2.75, 3.05) is 6.61 Å². The molecule has 0 aromatic rings. The number of rotatable bonds is 1. The summed E-state index contributed by atoms with van der Waals surface area (Å²) in [5, 5.41) is 10.1. The van der Waals surface area contributed by atoms with Crippen molar-refractivity contribution in [3.63, 3.8) is 0 Å². The summed E-state index contributed by atoms with van der Waals surface area (Å²) in [4.78, 5) is 0. The Balaban J connectivity index is 1.73. The van der Waals surface area contributed by atoms with Gasteiger partial charge in [-0.2, -0.15) is 0 Å². The minimum Gasteiger partial charge on any atom is -0.396 e. The summed E-state index contributed by atoms with van der Waals surface area (Å²) < 4.78 is 0. The van der Waals surface area contributed by atoms with E-state index in [1.807, 2.05) is 0 Å². The number of aliphatic hydroxyl groups excluding tert-OH is 1. The van der Waals surface area contributed by atoms with Crippen molar-refractivity contribution in [3.05, 3.63) is 12.2 Å². The van der Waals surface area contributed by atoms with Crippen LogP contribution >= 0.6 is 0 Å². The summed E-state index contributed by atoms with van der Waals surface area (Å²) in [5.74, 6) is 2.46. The van der Waals surface area contributed by atoms with Gasteiger partial charge in [-0.25, -0.2) is 0 Å². The first-order valence-electron chi connectivity index (χ1n) is 9.22. The zero-order valence-corrected chi connectivity index (χ0v) is 14.0.